The van der Waals surface area contributed by atoms with Gasteiger partial charge in [-0.2, -0.15) is 0 Å². The van der Waals surface area contributed by atoms with Crippen molar-refractivity contribution in [2.45, 2.75) is 0 Å². The molecule has 0 spiro atoms. The molecular weight excluding hydrogens is 112 g/mol. The van der Waals surface area contributed by atoms with Crippen LogP contribution in [-0.2, 0) is 0 Å². The van der Waals surface area contributed by atoms with Crippen LogP contribution < -0.4 is 5.73 Å². The summed E-state index contributed by atoms with van der Waals surface area (Å²) in [5, 5.41) is 0. The van der Waals surface area contributed by atoms with Gasteiger partial charge in [0.1, 0.15) is 0 Å². The largest absolute Gasteiger partial charge is 0.398 e. The van der Waals surface area contributed by atoms with Gasteiger partial charge in [0, 0.05) is 29.3 Å². The summed E-state index contributed by atoms with van der Waals surface area (Å²) in [6.45, 7) is 0. The van der Waals surface area contributed by atoms with Crippen molar-refractivity contribution in [3.63, 3.8) is 0 Å². The van der Waals surface area contributed by atoms with Crippen LogP contribution in [0.25, 0.3) is 0 Å². The van der Waals surface area contributed by atoms with Crippen molar-refractivity contribution in [2.24, 2.45) is 10.7 Å². The average Bonchev–Trinajstić information content (AvgIpc) is 2.35. The smallest absolute Gasteiger partial charge is 0.0410 e. The fraction of sp³-hybridized carbons (Fsp3) is 0. The van der Waals surface area contributed by atoms with Gasteiger partial charge in [0.15, 0.2) is 0 Å². The third-order valence-electron chi connectivity index (χ3n) is 1.48. The Kier molecular flexibility index (Phi) is 0.681. The molecule has 2 N–H and O–H groups in total. The highest BCUT2D eigenvalue weighted by Crippen LogP contribution is 2.24. The van der Waals surface area contributed by atoms with Gasteiger partial charge in [-0.3, -0.25) is 4.99 Å². The Bertz CT molecular complexity index is 267. The van der Waals surface area contributed by atoms with Crippen LogP contribution in [0.5, 0.6) is 0 Å². The first-order chi connectivity index (χ1) is 4.38. The molecule has 0 atom stereocenters. The second-order valence-corrected chi connectivity index (χ2v) is 2.06. The molecule has 0 bridgehead atoms. The average molecular weight is 118 g/mol. The Morgan fingerprint density at radius 3 is 3.00 bits per heavy atom. The number of nitrogens with two attached hydrogens (primary N) is 1. The van der Waals surface area contributed by atoms with Gasteiger partial charge in [-0.15, -0.1) is 0 Å². The fourth-order valence-corrected chi connectivity index (χ4v) is 0.980. The summed E-state index contributed by atoms with van der Waals surface area (Å²) in [5.41, 5.74) is 8.60. The molecule has 0 aromatic heterocycles. The zero-order chi connectivity index (χ0) is 6.27. The van der Waals surface area contributed by atoms with Crippen molar-refractivity contribution in [1.82, 2.24) is 0 Å². The molecule has 1 heterocycles. The van der Waals surface area contributed by atoms with E-state index in [-0.39, 0.29) is 0 Å². The van der Waals surface area contributed by atoms with Crippen molar-refractivity contribution >= 4 is 6.21 Å². The predicted octanol–water partition coefficient (Wildman–Crippen LogP) is 0.737. The van der Waals surface area contributed by atoms with Crippen LogP contribution >= 0.6 is 0 Å². The number of hydrogen-bond donors (Lipinski definition) is 1. The van der Waals surface area contributed by atoms with Crippen LogP contribution in [0.2, 0.25) is 0 Å². The molecule has 0 unspecified atom stereocenters. The van der Waals surface area contributed by atoms with Crippen LogP contribution in [0, 0.1) is 0 Å². The lowest BCUT2D eigenvalue weighted by Gasteiger charge is -1.92. The Labute approximate surface area is 53.1 Å². The first-order valence-corrected chi connectivity index (χ1v) is 2.79. The maximum Gasteiger partial charge on any atom is 0.0410 e. The molecule has 0 saturated carbocycles. The Hall–Kier alpha value is -1.31. The summed E-state index contributed by atoms with van der Waals surface area (Å²) in [5.74, 6) is 0. The first kappa shape index (κ1) is 4.56. The number of aliphatic imine (C=N–C) groups is 1. The van der Waals surface area contributed by atoms with Gasteiger partial charge < -0.3 is 5.73 Å². The third-order valence-corrected chi connectivity index (χ3v) is 1.48. The lowest BCUT2D eigenvalue weighted by atomic mass is 10.2. The van der Waals surface area contributed by atoms with E-state index in [9.17, 15) is 0 Å². The normalized spacial score (nSPS) is 21.1. The second-order valence-electron chi connectivity index (χ2n) is 2.06. The van der Waals surface area contributed by atoms with E-state index in [4.69, 9.17) is 5.73 Å². The third kappa shape index (κ3) is 0.470. The summed E-state index contributed by atoms with van der Waals surface area (Å²) < 4.78 is 0. The van der Waals surface area contributed by atoms with E-state index in [0.717, 1.165) is 16.8 Å². The van der Waals surface area contributed by atoms with E-state index >= 15 is 0 Å². The lowest BCUT2D eigenvalue weighted by molar-refractivity contribution is 1.37. The molecule has 44 valence electrons. The summed E-state index contributed by atoms with van der Waals surface area (Å²) >= 11 is 0. The number of rotatable bonds is 0. The molecule has 1 aliphatic heterocycles. The topological polar surface area (TPSA) is 38.4 Å². The monoisotopic (exact) mass is 118 g/mol. The minimum Gasteiger partial charge on any atom is -0.398 e. The molecule has 2 aliphatic rings. The van der Waals surface area contributed by atoms with Gasteiger partial charge in [-0.05, 0) is 6.08 Å². The highest BCUT2D eigenvalue weighted by molar-refractivity contribution is 5.92. The summed E-state index contributed by atoms with van der Waals surface area (Å²) in [7, 11) is 0. The van der Waals surface area contributed by atoms with Crippen molar-refractivity contribution in [1.29, 1.82) is 0 Å². The SMILES string of the molecule is NC1=CC=C2C=NC=C12. The zero-order valence-corrected chi connectivity index (χ0v) is 4.83. The summed E-state index contributed by atoms with van der Waals surface area (Å²) in [4.78, 5) is 3.94. The molecule has 0 amide bonds. The highest BCUT2D eigenvalue weighted by Gasteiger charge is 2.13. The second kappa shape index (κ2) is 1.35. The van der Waals surface area contributed by atoms with Gasteiger partial charge in [0.25, 0.3) is 0 Å². The lowest BCUT2D eigenvalue weighted by Crippen LogP contribution is -1.96. The standard InChI is InChI=1S/C7H6N2/c8-7-2-1-5-3-9-4-6(5)7/h1-4H,8H2. The van der Waals surface area contributed by atoms with Gasteiger partial charge in [-0.25, -0.2) is 0 Å². The van der Waals surface area contributed by atoms with Crippen molar-refractivity contribution in [3.8, 4) is 0 Å². The van der Waals surface area contributed by atoms with Gasteiger partial charge in [-0.1, -0.05) is 6.08 Å². The molecule has 0 radical (unpaired) electrons. The first-order valence-electron chi connectivity index (χ1n) is 2.79. The molecule has 1 aliphatic carbocycles. The van der Waals surface area contributed by atoms with Gasteiger partial charge in [0.05, 0.1) is 0 Å². The minimum atomic E-state index is 0.822. The maximum atomic E-state index is 5.58. The van der Waals surface area contributed by atoms with E-state index in [1.165, 1.54) is 0 Å². The van der Waals surface area contributed by atoms with E-state index in [0.29, 0.717) is 0 Å². The Balaban J connectivity index is 2.53. The maximum absolute atomic E-state index is 5.58. The van der Waals surface area contributed by atoms with Crippen LogP contribution in [0.1, 0.15) is 0 Å². The van der Waals surface area contributed by atoms with Crippen LogP contribution in [0.15, 0.2) is 40.2 Å². The number of allylic oxidation sites excluding steroid dienone is 3. The number of nitrogens with zero attached hydrogens (tertiary/aromatic N) is 1. The van der Waals surface area contributed by atoms with Crippen LogP contribution in [0.4, 0.5) is 0 Å². The molecule has 0 aromatic rings. The van der Waals surface area contributed by atoms with Crippen molar-refractivity contribution in [3.05, 3.63) is 35.2 Å². The van der Waals surface area contributed by atoms with Crippen LogP contribution in [-0.4, -0.2) is 6.21 Å². The van der Waals surface area contributed by atoms with Crippen LogP contribution in [0.3, 0.4) is 0 Å². The highest BCUT2D eigenvalue weighted by atomic mass is 14.7. The van der Waals surface area contributed by atoms with E-state index in [1.807, 2.05) is 18.4 Å². The fourth-order valence-electron chi connectivity index (χ4n) is 0.980. The van der Waals surface area contributed by atoms with E-state index in [1.54, 1.807) is 6.20 Å². The van der Waals surface area contributed by atoms with E-state index in [2.05, 4.69) is 4.99 Å². The molecule has 2 nitrogen and oxygen atoms in total. The molecule has 0 fully saturated rings. The molecule has 0 saturated heterocycles. The molecule has 9 heavy (non-hydrogen) atoms. The van der Waals surface area contributed by atoms with Crippen molar-refractivity contribution in [2.75, 3.05) is 0 Å². The Morgan fingerprint density at radius 1 is 1.33 bits per heavy atom. The molecule has 2 rings (SSSR count). The quantitative estimate of drug-likeness (QED) is 0.500. The molecular formula is C7H6N2. The minimum absolute atomic E-state index is 0.822. The van der Waals surface area contributed by atoms with Gasteiger partial charge >= 0.3 is 0 Å². The predicted molar refractivity (Wildman–Crippen MR) is 36.9 cm³/mol. The van der Waals surface area contributed by atoms with E-state index < -0.39 is 0 Å². The Morgan fingerprint density at radius 2 is 2.22 bits per heavy atom. The molecule has 0 aromatic carbocycles. The van der Waals surface area contributed by atoms with Crippen molar-refractivity contribution < 1.29 is 0 Å². The zero-order valence-electron chi connectivity index (χ0n) is 4.83. The summed E-state index contributed by atoms with van der Waals surface area (Å²) in [6.07, 6.45) is 7.46. The molecule has 2 heteroatoms. The number of hydrogen-bond acceptors (Lipinski definition) is 2. The summed E-state index contributed by atoms with van der Waals surface area (Å²) in [6, 6.07) is 0. The van der Waals surface area contributed by atoms with Gasteiger partial charge in [0.2, 0.25) is 0 Å². The number of fused-ring (bicyclic) bond motifs is 1.